The van der Waals surface area contributed by atoms with Crippen molar-refractivity contribution in [3.8, 4) is 33.9 Å². The van der Waals surface area contributed by atoms with Crippen LogP contribution in [0.25, 0.3) is 45.1 Å². The predicted octanol–water partition coefficient (Wildman–Crippen LogP) is 7.61. The number of fused-ring (bicyclic) bond motifs is 4. The fourth-order valence-corrected chi connectivity index (χ4v) is 12.7. The van der Waals surface area contributed by atoms with Gasteiger partial charge in [0.05, 0.1) is 15.9 Å². The van der Waals surface area contributed by atoms with Crippen molar-refractivity contribution in [2.75, 3.05) is 31.1 Å². The molecule has 0 saturated heterocycles. The van der Waals surface area contributed by atoms with Crippen molar-refractivity contribution in [1.29, 1.82) is 0 Å². The van der Waals surface area contributed by atoms with Gasteiger partial charge in [0.15, 0.2) is 0 Å². The van der Waals surface area contributed by atoms with Gasteiger partial charge in [-0.25, -0.2) is 21.4 Å². The predicted molar refractivity (Wildman–Crippen MR) is 312 cm³/mol. The normalized spacial score (nSPS) is 12.5. The minimum Gasteiger partial charge on any atom is -0.744 e. The molecule has 3 aliphatic rings. The number of hydrogen-bond acceptors (Lipinski definition) is 11. The topological polar surface area (TPSA) is 197 Å². The Balaban J connectivity index is 0.000000211. The molecule has 0 bridgehead atoms. The van der Waals surface area contributed by atoms with E-state index in [0.717, 1.165) is 76.8 Å². The zero-order valence-corrected chi connectivity index (χ0v) is 51.1. The molecule has 0 fully saturated rings. The third-order valence-corrected chi connectivity index (χ3v) is 17.5. The smallest absolute Gasteiger partial charge is 0.744 e. The number of nitrogens with zero attached hydrogens (tertiary/aromatic N) is 2. The van der Waals surface area contributed by atoms with E-state index >= 15 is 0 Å². The summed E-state index contributed by atoms with van der Waals surface area (Å²) in [5, 5.41) is 3.18. The largest absolute Gasteiger partial charge is 1.00 e. The molecule has 0 aromatic heterocycles. The number of hydrogen-bond donors (Lipinski definition) is 1. The second-order valence-electron chi connectivity index (χ2n) is 19.8. The number of aryl methyl sites for hydroxylation is 4. The molecule has 13 nitrogen and oxygen atoms in total. The molecule has 0 saturated carbocycles. The van der Waals surface area contributed by atoms with E-state index in [-0.39, 0.29) is 40.0 Å². The number of ether oxygens (including phenoxy) is 1. The Morgan fingerprint density at radius 3 is 1.86 bits per heavy atom. The van der Waals surface area contributed by atoms with Crippen molar-refractivity contribution < 1.29 is 77.6 Å². The summed E-state index contributed by atoms with van der Waals surface area (Å²) in [5.74, 6) is 1.72. The molecule has 2 heterocycles. The second kappa shape index (κ2) is 24.4. The molecule has 1 aliphatic carbocycles. The molecule has 10 rings (SSSR count). The van der Waals surface area contributed by atoms with Crippen molar-refractivity contribution in [2.45, 2.75) is 76.5 Å². The average molecular weight is 1150 g/mol. The summed E-state index contributed by atoms with van der Waals surface area (Å²) >= 11 is 0. The zero-order chi connectivity index (χ0) is 57.4. The summed E-state index contributed by atoms with van der Waals surface area (Å²) in [7, 11) is -14.6. The molecule has 2 aliphatic heterocycles. The van der Waals surface area contributed by atoms with Crippen LogP contribution in [-0.2, 0) is 36.8 Å². The molecular formula is C64H61N2NaO11S3. The Hall–Kier alpha value is -6.70. The van der Waals surface area contributed by atoms with Crippen molar-refractivity contribution in [3.63, 3.8) is 0 Å². The van der Waals surface area contributed by atoms with Crippen LogP contribution < -0.4 is 59.6 Å². The van der Waals surface area contributed by atoms with Gasteiger partial charge >= 0.3 is 29.6 Å². The van der Waals surface area contributed by atoms with Crippen LogP contribution in [0.5, 0.6) is 11.5 Å². The minimum atomic E-state index is -4.97. The monoisotopic (exact) mass is 1150 g/mol. The molecular weight excluding hydrogens is 1090 g/mol. The quantitative estimate of drug-likeness (QED) is 0.0514. The van der Waals surface area contributed by atoms with Gasteiger partial charge in [-0.3, -0.25) is 4.55 Å². The molecule has 0 atom stereocenters. The van der Waals surface area contributed by atoms with Gasteiger partial charge in [-0.2, -0.15) is 8.42 Å². The summed E-state index contributed by atoms with van der Waals surface area (Å²) in [5.41, 5.74) is 12.5. The molecule has 7 aromatic carbocycles. The first kappa shape index (κ1) is 60.4. The first-order valence-corrected chi connectivity index (χ1v) is 30.5. The number of benzene rings is 8. The second-order valence-corrected chi connectivity index (χ2v) is 23.9. The third-order valence-electron chi connectivity index (χ3n) is 14.8. The Morgan fingerprint density at radius 1 is 0.593 bits per heavy atom. The van der Waals surface area contributed by atoms with Crippen LogP contribution in [0.15, 0.2) is 171 Å². The van der Waals surface area contributed by atoms with E-state index in [9.17, 15) is 38.9 Å². The molecule has 81 heavy (non-hydrogen) atoms. The van der Waals surface area contributed by atoms with Crippen LogP contribution >= 0.6 is 0 Å². The van der Waals surface area contributed by atoms with E-state index in [1.54, 1.807) is 18.2 Å². The van der Waals surface area contributed by atoms with E-state index in [2.05, 4.69) is 79.6 Å². The van der Waals surface area contributed by atoms with Crippen LogP contribution in [-0.4, -0.2) is 65.1 Å². The maximum absolute atomic E-state index is 12.4. The van der Waals surface area contributed by atoms with Gasteiger partial charge < -0.3 is 23.2 Å². The molecule has 0 amide bonds. The summed E-state index contributed by atoms with van der Waals surface area (Å²) in [6, 6.07) is 45.1. The summed E-state index contributed by atoms with van der Waals surface area (Å²) in [4.78, 5) is 0.465. The van der Waals surface area contributed by atoms with Gasteiger partial charge in [-0.05, 0) is 167 Å². The van der Waals surface area contributed by atoms with Crippen molar-refractivity contribution in [2.24, 2.45) is 0 Å². The van der Waals surface area contributed by atoms with Gasteiger partial charge in [-0.15, -0.1) is 0 Å². The molecule has 0 radical (unpaired) electrons. The third kappa shape index (κ3) is 12.7. The maximum Gasteiger partial charge on any atom is 1.00 e. The van der Waals surface area contributed by atoms with E-state index in [1.165, 1.54) is 39.9 Å². The summed E-state index contributed by atoms with van der Waals surface area (Å²) in [6.45, 7) is 19.7. The van der Waals surface area contributed by atoms with E-state index in [1.807, 2.05) is 100 Å². The molecule has 7 aromatic rings. The fraction of sp³-hybridized carbons (Fsp3) is 0.203. The Labute approximate surface area is 496 Å². The molecule has 1 N–H and O–H groups in total. The van der Waals surface area contributed by atoms with Crippen LogP contribution in [0, 0.1) is 27.7 Å². The van der Waals surface area contributed by atoms with Crippen LogP contribution in [0.3, 0.4) is 0 Å². The Kier molecular flexibility index (Phi) is 18.2. The standard InChI is InChI=1S/C37H32O4S.C27H30N2O7S2.Na/c1-23-9-7-10-24(2)32(23)19-27-15-17-29-34(21-27)41-35-22-28(20-33-25(3)11-8-12-26(33)4)16-18-30(35)37(29)31-13-5-6-14-36(31)42(38,39)40;1-5-28(6-2)18-9-12-21-24(15-18)36-25-16-19(29(7-3)8-4)10-13-22(25)27(21)23-14-11-20(37(30,31)32)17-26(23)38(33,34)35;/h5-19,21-22H,20H2,1-4H3,(H,38,39,40);9-17H,5-8H2,1-4H3,(H-,30,31,32,33,34,35);/q;;+1/p-1/b27-19+;;. The Bertz CT molecular complexity index is 4410. The number of rotatable bonds is 13. The Morgan fingerprint density at radius 2 is 1.23 bits per heavy atom. The van der Waals surface area contributed by atoms with Crippen LogP contribution in [0.2, 0.25) is 0 Å². The SMILES string of the molecule is CCN(CC)c1ccc2c(-c3ccc(S(=O)(=O)[O-])cc3S(=O)(=O)O)c3ccc(=[N+](CC)CC)cc-3oc2c1.Cc1cccc(C)c1/C=c1\ccc2c(c1)Oc1cc(Cc3c(C)cccc3C)ccc1C=2c1ccccc1S(=O)(=O)[O-].[Na+]. The number of anilines is 1. The zero-order valence-electron chi connectivity index (χ0n) is 46.7. The van der Waals surface area contributed by atoms with E-state index < -0.39 is 40.1 Å². The van der Waals surface area contributed by atoms with Gasteiger partial charge in [0, 0.05) is 74.9 Å². The molecule has 0 spiro atoms. The molecule has 412 valence electrons. The molecule has 0 unspecified atom stereocenters. The van der Waals surface area contributed by atoms with E-state index in [4.69, 9.17) is 9.15 Å². The minimum absolute atomic E-state index is 0. The van der Waals surface area contributed by atoms with E-state index in [0.29, 0.717) is 56.6 Å². The summed E-state index contributed by atoms with van der Waals surface area (Å²) < 4.78 is 122. The summed E-state index contributed by atoms with van der Waals surface area (Å²) in [6.07, 6.45) is 2.88. The van der Waals surface area contributed by atoms with Crippen molar-refractivity contribution >= 4 is 58.7 Å². The maximum atomic E-state index is 12.4. The fourth-order valence-electron chi connectivity index (χ4n) is 10.7. The van der Waals surface area contributed by atoms with Crippen molar-refractivity contribution in [1.82, 2.24) is 4.58 Å². The van der Waals surface area contributed by atoms with Gasteiger partial charge in [-0.1, -0.05) is 78.9 Å². The van der Waals surface area contributed by atoms with Crippen molar-refractivity contribution in [3.05, 3.63) is 218 Å². The first-order valence-electron chi connectivity index (χ1n) is 26.3. The first-order chi connectivity index (χ1) is 38.0. The molecule has 17 heteroatoms. The van der Waals surface area contributed by atoms with Gasteiger partial charge in [0.25, 0.3) is 10.1 Å². The van der Waals surface area contributed by atoms with Gasteiger partial charge in [0.1, 0.15) is 61.1 Å². The van der Waals surface area contributed by atoms with Crippen LogP contribution in [0.4, 0.5) is 5.69 Å². The van der Waals surface area contributed by atoms with Crippen LogP contribution in [0.1, 0.15) is 77.8 Å². The van der Waals surface area contributed by atoms with Gasteiger partial charge in [0.2, 0.25) is 5.36 Å². The average Bonchev–Trinajstić information content (AvgIpc) is 3.47.